The maximum atomic E-state index is 14.1. The number of benzene rings is 1. The molecule has 57 heavy (non-hydrogen) atoms. The molecule has 2 aliphatic heterocycles. The van der Waals surface area contributed by atoms with Crippen LogP contribution in [0, 0.1) is 46.3 Å². The Morgan fingerprint density at radius 2 is 1.54 bits per heavy atom. The zero-order valence-electron chi connectivity index (χ0n) is 34.4. The van der Waals surface area contributed by atoms with Crippen molar-refractivity contribution in [3.63, 3.8) is 0 Å². The molecule has 0 spiro atoms. The van der Waals surface area contributed by atoms with E-state index in [9.17, 15) is 14.4 Å². The first kappa shape index (κ1) is 39.3. The minimum absolute atomic E-state index is 0.00792. The molecule has 9 rings (SSSR count). The number of ether oxygens (including phenoxy) is 5. The Hall–Kier alpha value is -4.49. The van der Waals surface area contributed by atoms with Crippen LogP contribution in [-0.4, -0.2) is 57.0 Å². The van der Waals surface area contributed by atoms with Crippen molar-refractivity contribution in [2.45, 2.75) is 123 Å². The number of rotatable bonds is 4. The highest BCUT2D eigenvalue weighted by Gasteiger charge is 2.65. The molecule has 10 atom stereocenters. The normalized spacial score (nSPS) is 33.3. The van der Waals surface area contributed by atoms with Crippen LogP contribution in [0.2, 0.25) is 0 Å². The second-order valence-electron chi connectivity index (χ2n) is 18.1. The average Bonchev–Trinajstić information content (AvgIpc) is 3.84. The number of methoxy groups -OCH3 is 1. The smallest absolute Gasteiger partial charge is 0.351 e. The van der Waals surface area contributed by atoms with E-state index in [2.05, 4.69) is 31.2 Å². The second kappa shape index (κ2) is 15.7. The summed E-state index contributed by atoms with van der Waals surface area (Å²) in [5.74, 6) is 2.84. The molecule has 14 nitrogen and oxygen atoms in total. The van der Waals surface area contributed by atoms with Crippen LogP contribution in [0.1, 0.15) is 96.4 Å². The lowest BCUT2D eigenvalue weighted by molar-refractivity contribution is -0.745. The van der Waals surface area contributed by atoms with Gasteiger partial charge in [0.15, 0.2) is 25.6 Å². The standard InChI is InChI=1S/C43H60N6O8/c1-27(10-15-39(50)53-6)35-13-14-36-34-12-11-28-18-33-16-17-42(28,2)37(34)20-38(43(35,36)3)57-41(52)24-49-22-30(47(5)45-49)26-55-32-9-7-8-31(19-32)54-25-29-21-48(44-46(29)4)23-40(51)56-33/h7-9,19,21-22,27-28,33-38H,10-18,20,23-26H2,1-6H3/q+2/t27-,28-,33-,34+,35-,36+,37+,38+,42+,43-/m1/s1. The Morgan fingerprint density at radius 3 is 2.19 bits per heavy atom. The molecule has 1 aromatic carbocycles. The summed E-state index contributed by atoms with van der Waals surface area (Å²) in [6, 6.07) is 7.42. The van der Waals surface area contributed by atoms with E-state index in [0.717, 1.165) is 69.2 Å². The van der Waals surface area contributed by atoms with Crippen LogP contribution >= 0.6 is 0 Å². The van der Waals surface area contributed by atoms with Crippen molar-refractivity contribution in [3.8, 4) is 11.5 Å². The topological polar surface area (TPSA) is 141 Å². The molecule has 4 heterocycles. The van der Waals surface area contributed by atoms with Gasteiger partial charge in [-0.05, 0) is 111 Å². The van der Waals surface area contributed by atoms with Crippen molar-refractivity contribution in [2.75, 3.05) is 7.11 Å². The second-order valence-corrected chi connectivity index (χ2v) is 18.1. The number of hydrogen-bond acceptors (Lipinski definition) is 10. The molecule has 2 aromatic heterocycles. The van der Waals surface area contributed by atoms with Gasteiger partial charge in [0.2, 0.25) is 24.5 Å². The molecule has 4 aliphatic carbocycles. The monoisotopic (exact) mass is 788 g/mol. The summed E-state index contributed by atoms with van der Waals surface area (Å²) in [6.45, 7) is 7.63. The van der Waals surface area contributed by atoms with Crippen molar-refractivity contribution in [1.82, 2.24) is 19.8 Å². The van der Waals surface area contributed by atoms with Gasteiger partial charge in [0, 0.05) is 17.9 Å². The zero-order valence-corrected chi connectivity index (χ0v) is 34.4. The van der Waals surface area contributed by atoms with E-state index in [4.69, 9.17) is 23.7 Å². The van der Waals surface area contributed by atoms with Crippen LogP contribution in [0.3, 0.4) is 0 Å². The number of carbonyl (C=O) groups excluding carboxylic acids is 3. The summed E-state index contributed by atoms with van der Waals surface area (Å²) in [4.78, 5) is 39.6. The lowest BCUT2D eigenvalue weighted by Crippen LogP contribution is -2.60. The van der Waals surface area contributed by atoms with Gasteiger partial charge in [0.25, 0.3) is 0 Å². The van der Waals surface area contributed by atoms with Crippen molar-refractivity contribution >= 4 is 17.9 Å². The van der Waals surface area contributed by atoms with Gasteiger partial charge in [-0.15, -0.1) is 18.7 Å². The Morgan fingerprint density at radius 1 is 0.895 bits per heavy atom. The first-order valence-corrected chi connectivity index (χ1v) is 21.0. The van der Waals surface area contributed by atoms with Gasteiger partial charge < -0.3 is 23.7 Å². The molecule has 0 radical (unpaired) electrons. The molecule has 14 heteroatoms. The molecule has 0 unspecified atom stereocenters. The molecular weight excluding hydrogens is 729 g/mol. The number of carbonyl (C=O) groups is 3. The summed E-state index contributed by atoms with van der Waals surface area (Å²) in [7, 11) is 5.13. The molecule has 4 fully saturated rings. The Bertz CT molecular complexity index is 1980. The molecule has 0 N–H and O–H groups in total. The largest absolute Gasteiger partial charge is 0.485 e. The number of aromatic nitrogens is 6. The van der Waals surface area contributed by atoms with Crippen molar-refractivity contribution in [3.05, 3.63) is 48.0 Å². The SMILES string of the molecule is COC(=O)CC[C@@H](C)[C@H]1CC[C@H]2[C@@H]3CC[C@@H]4C[C@H]5CC[C@]4(C)[C@H]3C[C@H](OC(=O)C[n+]3cc(n(C)n3)COc3cccc(c3)OCc3c[n+](nn3C)CC(=O)O5)[C@]12C. The van der Waals surface area contributed by atoms with Gasteiger partial charge in [0.05, 0.1) is 17.5 Å². The molecule has 3 aromatic rings. The highest BCUT2D eigenvalue weighted by atomic mass is 16.6. The lowest BCUT2D eigenvalue weighted by Gasteiger charge is -2.62. The summed E-state index contributed by atoms with van der Waals surface area (Å²) < 4.78 is 36.9. The predicted octanol–water partition coefficient (Wildman–Crippen LogP) is 4.58. The van der Waals surface area contributed by atoms with Gasteiger partial charge in [-0.3, -0.25) is 4.79 Å². The molecule has 6 aliphatic rings. The van der Waals surface area contributed by atoms with E-state index < -0.39 is 0 Å². The van der Waals surface area contributed by atoms with E-state index in [-0.39, 0.29) is 73.2 Å². The highest BCUT2D eigenvalue weighted by Crippen LogP contribution is 2.69. The quantitative estimate of drug-likeness (QED) is 0.210. The minimum atomic E-state index is -0.293. The Labute approximate surface area is 335 Å². The Kier molecular flexibility index (Phi) is 10.8. The van der Waals surface area contributed by atoms with Crippen LogP contribution in [0.4, 0.5) is 0 Å². The number of fused-ring (bicyclic) bond motifs is 9. The average molecular weight is 789 g/mol. The first-order chi connectivity index (χ1) is 27.3. The number of esters is 3. The van der Waals surface area contributed by atoms with Crippen LogP contribution < -0.4 is 18.8 Å². The third-order valence-electron chi connectivity index (χ3n) is 15.1. The van der Waals surface area contributed by atoms with E-state index in [1.165, 1.54) is 7.11 Å². The van der Waals surface area contributed by atoms with E-state index in [0.29, 0.717) is 47.5 Å². The van der Waals surface area contributed by atoms with Crippen LogP contribution in [0.5, 0.6) is 11.5 Å². The van der Waals surface area contributed by atoms with Crippen molar-refractivity contribution in [2.24, 2.45) is 60.4 Å². The van der Waals surface area contributed by atoms with Crippen LogP contribution in [-0.2, 0) is 69.0 Å². The lowest BCUT2D eigenvalue weighted by atomic mass is 9.43. The fraction of sp³-hybridized carbons (Fsp3) is 0.698. The Balaban J connectivity index is 1.09. The molecule has 308 valence electrons. The maximum Gasteiger partial charge on any atom is 0.351 e. The van der Waals surface area contributed by atoms with E-state index in [1.807, 2.05) is 50.8 Å². The van der Waals surface area contributed by atoms with Gasteiger partial charge in [0.1, 0.15) is 37.8 Å². The summed E-state index contributed by atoms with van der Waals surface area (Å²) >= 11 is 0. The van der Waals surface area contributed by atoms with E-state index >= 15 is 0 Å². The third kappa shape index (κ3) is 7.65. The zero-order chi connectivity index (χ0) is 40.1. The predicted molar refractivity (Wildman–Crippen MR) is 203 cm³/mol. The number of hydrogen-bond donors (Lipinski definition) is 0. The molecule has 0 saturated heterocycles. The van der Waals surface area contributed by atoms with Gasteiger partial charge in [-0.1, -0.05) is 26.8 Å². The highest BCUT2D eigenvalue weighted by molar-refractivity contribution is 5.69. The van der Waals surface area contributed by atoms with Gasteiger partial charge in [-0.2, -0.15) is 0 Å². The molecule has 0 amide bonds. The molecule has 4 saturated carbocycles. The molecule has 11 bridgehead atoms. The summed E-state index contributed by atoms with van der Waals surface area (Å²) in [6.07, 6.45) is 12.2. The van der Waals surface area contributed by atoms with Crippen LogP contribution in [0.15, 0.2) is 36.7 Å². The number of nitrogens with zero attached hydrogens (tertiary/aromatic N) is 6. The van der Waals surface area contributed by atoms with Gasteiger partial charge in [-0.25, -0.2) is 9.59 Å². The molecular formula is C43H60N6O8+2. The number of aryl methyl sites for hydroxylation is 2. The van der Waals surface area contributed by atoms with Crippen LogP contribution in [0.25, 0.3) is 0 Å². The maximum absolute atomic E-state index is 14.1. The van der Waals surface area contributed by atoms with Crippen molar-refractivity contribution in [1.29, 1.82) is 0 Å². The minimum Gasteiger partial charge on any atom is -0.485 e. The summed E-state index contributed by atoms with van der Waals surface area (Å²) in [5.41, 5.74) is 1.43. The van der Waals surface area contributed by atoms with Crippen molar-refractivity contribution < 1.29 is 47.4 Å². The third-order valence-corrected chi connectivity index (χ3v) is 15.1. The first-order valence-electron chi connectivity index (χ1n) is 21.0. The van der Waals surface area contributed by atoms with Gasteiger partial charge >= 0.3 is 17.9 Å². The fourth-order valence-corrected chi connectivity index (χ4v) is 12.1. The van der Waals surface area contributed by atoms with E-state index in [1.54, 1.807) is 18.7 Å². The fourth-order valence-electron chi connectivity index (χ4n) is 12.1. The summed E-state index contributed by atoms with van der Waals surface area (Å²) in [5, 5.41) is 9.14.